The molecule has 0 fully saturated rings. The Hall–Kier alpha value is -1.54. The van der Waals surface area contributed by atoms with Gasteiger partial charge in [-0.3, -0.25) is 0 Å². The van der Waals surface area contributed by atoms with E-state index in [9.17, 15) is 13.2 Å². The Morgan fingerprint density at radius 1 is 1.30 bits per heavy atom. The molecule has 0 aliphatic carbocycles. The van der Waals surface area contributed by atoms with Crippen molar-refractivity contribution in [1.29, 1.82) is 0 Å². The summed E-state index contributed by atoms with van der Waals surface area (Å²) < 4.78 is 39.1. The van der Waals surface area contributed by atoms with Crippen molar-refractivity contribution in [3.05, 3.63) is 41.7 Å². The number of rotatable bonds is 4. The predicted molar refractivity (Wildman–Crippen MR) is 70.1 cm³/mol. The van der Waals surface area contributed by atoms with Crippen LogP contribution in [0.2, 0.25) is 0 Å². The molecule has 2 N–H and O–H groups in total. The van der Waals surface area contributed by atoms with Gasteiger partial charge in [0.1, 0.15) is 6.33 Å². The molecule has 0 saturated heterocycles. The van der Waals surface area contributed by atoms with Crippen LogP contribution in [0, 0.1) is 0 Å². The van der Waals surface area contributed by atoms with E-state index in [-0.39, 0.29) is 6.04 Å². The van der Waals surface area contributed by atoms with Crippen molar-refractivity contribution in [3.63, 3.8) is 0 Å². The molecule has 1 aromatic heterocycles. The lowest BCUT2D eigenvalue weighted by atomic mass is 10.1. The van der Waals surface area contributed by atoms with Gasteiger partial charge in [-0.25, -0.2) is 0 Å². The number of alkyl halides is 3. The number of hydrogen-bond donors (Lipinski definition) is 1. The Kier molecular flexibility index (Phi) is 4.34. The second-order valence-corrected chi connectivity index (χ2v) is 5.25. The minimum absolute atomic E-state index is 0.362. The third-order valence-electron chi connectivity index (χ3n) is 2.73. The van der Waals surface area contributed by atoms with E-state index in [2.05, 4.69) is 10.2 Å². The molecule has 1 atom stereocenters. The number of nitrogens with two attached hydrogens (primary N) is 1. The van der Waals surface area contributed by atoms with Crippen LogP contribution in [-0.4, -0.2) is 20.5 Å². The van der Waals surface area contributed by atoms with Gasteiger partial charge in [0.15, 0.2) is 5.16 Å². The molecule has 0 saturated carbocycles. The standard InChI is InChI=1S/C12H13F3N4S/c1-19-7-17-18-11(19)20-6-10(16)8-2-4-9(5-3-8)12(13,14)15/h2-5,7,10H,6,16H2,1H3. The maximum Gasteiger partial charge on any atom is 0.416 e. The van der Waals surface area contributed by atoms with Gasteiger partial charge >= 0.3 is 6.18 Å². The van der Waals surface area contributed by atoms with Crippen molar-refractivity contribution < 1.29 is 13.2 Å². The first-order valence-electron chi connectivity index (χ1n) is 5.77. The normalized spacial score (nSPS) is 13.4. The Labute approximate surface area is 118 Å². The van der Waals surface area contributed by atoms with Gasteiger partial charge in [0, 0.05) is 18.8 Å². The van der Waals surface area contributed by atoms with Crippen LogP contribution in [0.4, 0.5) is 13.2 Å². The fraction of sp³-hybridized carbons (Fsp3) is 0.333. The van der Waals surface area contributed by atoms with E-state index in [1.165, 1.54) is 23.9 Å². The van der Waals surface area contributed by atoms with Crippen LogP contribution in [0.25, 0.3) is 0 Å². The van der Waals surface area contributed by atoms with Crippen LogP contribution in [0.1, 0.15) is 17.2 Å². The van der Waals surface area contributed by atoms with Gasteiger partial charge in [0.2, 0.25) is 0 Å². The summed E-state index contributed by atoms with van der Waals surface area (Å²) in [6, 6.07) is 4.54. The third kappa shape index (κ3) is 3.51. The maximum absolute atomic E-state index is 12.4. The number of hydrogen-bond acceptors (Lipinski definition) is 4. The summed E-state index contributed by atoms with van der Waals surface area (Å²) in [5.74, 6) is 0.512. The van der Waals surface area contributed by atoms with Crippen molar-refractivity contribution in [3.8, 4) is 0 Å². The second kappa shape index (κ2) is 5.84. The van der Waals surface area contributed by atoms with Gasteiger partial charge in [-0.2, -0.15) is 13.2 Å². The smallest absolute Gasteiger partial charge is 0.323 e. The van der Waals surface area contributed by atoms with E-state index in [1.54, 1.807) is 10.9 Å². The minimum atomic E-state index is -4.32. The molecule has 1 aromatic carbocycles. The van der Waals surface area contributed by atoms with Crippen molar-refractivity contribution in [2.45, 2.75) is 17.4 Å². The average molecular weight is 302 g/mol. The van der Waals surface area contributed by atoms with Crippen LogP contribution in [0.3, 0.4) is 0 Å². The van der Waals surface area contributed by atoms with E-state index < -0.39 is 11.7 Å². The number of aromatic nitrogens is 3. The Bertz CT molecular complexity index is 565. The fourth-order valence-corrected chi connectivity index (χ4v) is 2.46. The van der Waals surface area contributed by atoms with Gasteiger partial charge in [-0.05, 0) is 17.7 Å². The van der Waals surface area contributed by atoms with E-state index in [1.807, 2.05) is 7.05 Å². The Morgan fingerprint density at radius 3 is 2.45 bits per heavy atom. The highest BCUT2D eigenvalue weighted by Gasteiger charge is 2.30. The zero-order valence-corrected chi connectivity index (χ0v) is 11.4. The van der Waals surface area contributed by atoms with E-state index >= 15 is 0 Å². The molecular formula is C12H13F3N4S. The van der Waals surface area contributed by atoms with Gasteiger partial charge in [-0.15, -0.1) is 10.2 Å². The van der Waals surface area contributed by atoms with Crippen LogP contribution < -0.4 is 5.73 Å². The molecule has 1 heterocycles. The molecule has 1 unspecified atom stereocenters. The molecule has 0 radical (unpaired) electrons. The van der Waals surface area contributed by atoms with Crippen LogP contribution in [0.5, 0.6) is 0 Å². The lowest BCUT2D eigenvalue weighted by Crippen LogP contribution is -2.14. The average Bonchev–Trinajstić information content (AvgIpc) is 2.81. The Balaban J connectivity index is 1.99. The van der Waals surface area contributed by atoms with Crippen molar-refractivity contribution >= 4 is 11.8 Å². The molecule has 108 valence electrons. The summed E-state index contributed by atoms with van der Waals surface area (Å²) in [7, 11) is 1.81. The largest absolute Gasteiger partial charge is 0.416 e. The summed E-state index contributed by atoms with van der Waals surface area (Å²) in [4.78, 5) is 0. The maximum atomic E-state index is 12.4. The van der Waals surface area contributed by atoms with Gasteiger partial charge < -0.3 is 10.3 Å². The molecule has 4 nitrogen and oxygen atoms in total. The van der Waals surface area contributed by atoms with Crippen LogP contribution in [0.15, 0.2) is 35.7 Å². The quantitative estimate of drug-likeness (QED) is 0.882. The molecule has 2 rings (SSSR count). The minimum Gasteiger partial charge on any atom is -0.323 e. The monoisotopic (exact) mass is 302 g/mol. The molecular weight excluding hydrogens is 289 g/mol. The highest BCUT2D eigenvalue weighted by atomic mass is 32.2. The summed E-state index contributed by atoms with van der Waals surface area (Å²) in [5, 5.41) is 8.35. The van der Waals surface area contributed by atoms with Crippen molar-refractivity contribution in [2.24, 2.45) is 12.8 Å². The van der Waals surface area contributed by atoms with E-state index in [4.69, 9.17) is 5.73 Å². The first-order chi connectivity index (χ1) is 9.38. The molecule has 0 amide bonds. The summed E-state index contributed by atoms with van der Waals surface area (Å²) in [5.41, 5.74) is 5.95. The highest BCUT2D eigenvalue weighted by Crippen LogP contribution is 2.30. The molecule has 0 bridgehead atoms. The molecule has 0 spiro atoms. The molecule has 0 aliphatic rings. The van der Waals surface area contributed by atoms with Crippen LogP contribution in [-0.2, 0) is 13.2 Å². The second-order valence-electron chi connectivity index (χ2n) is 4.26. The first kappa shape index (κ1) is 14.9. The first-order valence-corrected chi connectivity index (χ1v) is 6.76. The number of halogens is 3. The zero-order chi connectivity index (χ0) is 14.8. The number of thioether (sulfide) groups is 1. The number of benzene rings is 1. The predicted octanol–water partition coefficient (Wildman–Crippen LogP) is 2.63. The summed E-state index contributed by atoms with van der Waals surface area (Å²) in [6.07, 6.45) is -2.75. The van der Waals surface area contributed by atoms with Crippen molar-refractivity contribution in [2.75, 3.05) is 5.75 Å². The van der Waals surface area contributed by atoms with Gasteiger partial charge in [0.05, 0.1) is 5.56 Å². The topological polar surface area (TPSA) is 56.7 Å². The van der Waals surface area contributed by atoms with Crippen molar-refractivity contribution in [1.82, 2.24) is 14.8 Å². The SMILES string of the molecule is Cn1cnnc1SCC(N)c1ccc(C(F)(F)F)cc1. The zero-order valence-electron chi connectivity index (χ0n) is 10.6. The van der Waals surface area contributed by atoms with Crippen LogP contribution >= 0.6 is 11.8 Å². The highest BCUT2D eigenvalue weighted by molar-refractivity contribution is 7.99. The van der Waals surface area contributed by atoms with E-state index in [0.29, 0.717) is 16.5 Å². The van der Waals surface area contributed by atoms with E-state index in [0.717, 1.165) is 12.1 Å². The fourth-order valence-electron chi connectivity index (χ4n) is 1.58. The summed E-state index contributed by atoms with van der Waals surface area (Å²) in [6.45, 7) is 0. The third-order valence-corrected chi connectivity index (χ3v) is 3.88. The van der Waals surface area contributed by atoms with Gasteiger partial charge in [-0.1, -0.05) is 23.9 Å². The lowest BCUT2D eigenvalue weighted by Gasteiger charge is -2.13. The molecule has 20 heavy (non-hydrogen) atoms. The summed E-state index contributed by atoms with van der Waals surface area (Å²) >= 11 is 1.41. The Morgan fingerprint density at radius 2 is 1.95 bits per heavy atom. The van der Waals surface area contributed by atoms with Gasteiger partial charge in [0.25, 0.3) is 0 Å². The molecule has 0 aliphatic heterocycles. The number of nitrogens with zero attached hydrogens (tertiary/aromatic N) is 3. The molecule has 2 aromatic rings. The number of aryl methyl sites for hydroxylation is 1. The lowest BCUT2D eigenvalue weighted by molar-refractivity contribution is -0.137. The molecule has 8 heteroatoms.